The van der Waals surface area contributed by atoms with Crippen molar-refractivity contribution in [1.29, 1.82) is 0 Å². The van der Waals surface area contributed by atoms with Gasteiger partial charge in [0.15, 0.2) is 0 Å². The van der Waals surface area contributed by atoms with E-state index in [4.69, 9.17) is 0 Å². The minimum Gasteiger partial charge on any atom is -0.267 e. The molecule has 0 unspecified atom stereocenters. The van der Waals surface area contributed by atoms with Gasteiger partial charge in [0.1, 0.15) is 0 Å². The lowest BCUT2D eigenvalue weighted by molar-refractivity contribution is 0.0954. The summed E-state index contributed by atoms with van der Waals surface area (Å²) in [4.78, 5) is 11.9. The molecule has 0 heterocycles. The Bertz CT molecular complexity index is 448. The highest BCUT2D eigenvalue weighted by Crippen LogP contribution is 2.20. The molecule has 1 aromatic rings. The SMILES string of the molecule is Cc1ccc(C(=O)N/N=C2/CCCC[C@@H]2C)cc1. The van der Waals surface area contributed by atoms with Crippen LogP contribution >= 0.6 is 0 Å². The Morgan fingerprint density at radius 1 is 1.28 bits per heavy atom. The first-order valence-electron chi connectivity index (χ1n) is 6.60. The van der Waals surface area contributed by atoms with Crippen LogP contribution in [0.5, 0.6) is 0 Å². The maximum absolute atomic E-state index is 11.9. The van der Waals surface area contributed by atoms with Gasteiger partial charge >= 0.3 is 0 Å². The zero-order valence-corrected chi connectivity index (χ0v) is 11.1. The van der Waals surface area contributed by atoms with Crippen molar-refractivity contribution in [3.63, 3.8) is 0 Å². The molecule has 1 N–H and O–H groups in total. The van der Waals surface area contributed by atoms with Crippen LogP contribution in [0.4, 0.5) is 0 Å². The minimum absolute atomic E-state index is 0.125. The van der Waals surface area contributed by atoms with Gasteiger partial charge in [-0.25, -0.2) is 5.43 Å². The summed E-state index contributed by atoms with van der Waals surface area (Å²) in [6.07, 6.45) is 4.64. The number of carbonyl (C=O) groups excluding carboxylic acids is 1. The monoisotopic (exact) mass is 244 g/mol. The average molecular weight is 244 g/mol. The zero-order valence-electron chi connectivity index (χ0n) is 11.1. The van der Waals surface area contributed by atoms with Gasteiger partial charge in [0.25, 0.3) is 5.91 Å². The van der Waals surface area contributed by atoms with E-state index in [1.54, 1.807) is 0 Å². The molecular formula is C15H20N2O. The van der Waals surface area contributed by atoms with Crippen molar-refractivity contribution < 1.29 is 4.79 Å². The van der Waals surface area contributed by atoms with Gasteiger partial charge in [-0.3, -0.25) is 4.79 Å². The van der Waals surface area contributed by atoms with E-state index in [-0.39, 0.29) is 5.91 Å². The zero-order chi connectivity index (χ0) is 13.0. The topological polar surface area (TPSA) is 41.5 Å². The molecule has 0 bridgehead atoms. The molecule has 3 nitrogen and oxygen atoms in total. The molecule has 18 heavy (non-hydrogen) atoms. The molecular weight excluding hydrogens is 224 g/mol. The Morgan fingerprint density at radius 2 is 2.00 bits per heavy atom. The fraction of sp³-hybridized carbons (Fsp3) is 0.467. The number of nitrogens with zero attached hydrogens (tertiary/aromatic N) is 1. The standard InChI is InChI=1S/C15H20N2O/c1-11-7-9-13(10-8-11)15(18)17-16-14-6-4-3-5-12(14)2/h7-10,12H,3-6H2,1-2H3,(H,17,18)/b16-14-/t12-/m0/s1. The van der Waals surface area contributed by atoms with Crippen molar-refractivity contribution in [2.24, 2.45) is 11.0 Å². The van der Waals surface area contributed by atoms with Crippen LogP contribution < -0.4 is 5.43 Å². The maximum atomic E-state index is 11.9. The number of hydrogen-bond acceptors (Lipinski definition) is 2. The number of nitrogens with one attached hydrogen (secondary N) is 1. The van der Waals surface area contributed by atoms with Crippen LogP contribution in [0.2, 0.25) is 0 Å². The molecule has 0 spiro atoms. The van der Waals surface area contributed by atoms with E-state index in [0.29, 0.717) is 11.5 Å². The van der Waals surface area contributed by atoms with Crippen LogP contribution in [0.1, 0.15) is 48.5 Å². The molecule has 1 saturated carbocycles. The lowest BCUT2D eigenvalue weighted by atomic mass is 9.89. The fourth-order valence-corrected chi connectivity index (χ4v) is 2.23. The normalized spacial score (nSPS) is 21.9. The first kappa shape index (κ1) is 12.8. The lowest BCUT2D eigenvalue weighted by Crippen LogP contribution is -2.24. The summed E-state index contributed by atoms with van der Waals surface area (Å²) >= 11 is 0. The molecule has 1 atom stereocenters. The van der Waals surface area contributed by atoms with Crippen molar-refractivity contribution in [1.82, 2.24) is 5.43 Å². The number of amides is 1. The highest BCUT2D eigenvalue weighted by molar-refractivity contribution is 5.95. The van der Waals surface area contributed by atoms with E-state index < -0.39 is 0 Å². The Morgan fingerprint density at radius 3 is 2.67 bits per heavy atom. The predicted molar refractivity (Wildman–Crippen MR) is 73.7 cm³/mol. The molecule has 0 aromatic heterocycles. The Labute approximate surface area is 108 Å². The van der Waals surface area contributed by atoms with Gasteiger partial charge in [0, 0.05) is 11.3 Å². The molecule has 3 heteroatoms. The van der Waals surface area contributed by atoms with Crippen molar-refractivity contribution in [3.8, 4) is 0 Å². The van der Waals surface area contributed by atoms with Crippen LogP contribution in [0.25, 0.3) is 0 Å². The van der Waals surface area contributed by atoms with E-state index in [1.165, 1.54) is 19.3 Å². The van der Waals surface area contributed by atoms with Gasteiger partial charge in [-0.2, -0.15) is 5.10 Å². The summed E-state index contributed by atoms with van der Waals surface area (Å²) in [5.41, 5.74) is 5.61. The molecule has 1 aliphatic carbocycles. The van der Waals surface area contributed by atoms with Crippen LogP contribution in [0.15, 0.2) is 29.4 Å². The molecule has 0 saturated heterocycles. The van der Waals surface area contributed by atoms with Crippen molar-refractivity contribution in [2.45, 2.75) is 39.5 Å². The van der Waals surface area contributed by atoms with Crippen LogP contribution in [0, 0.1) is 12.8 Å². The van der Waals surface area contributed by atoms with E-state index in [0.717, 1.165) is 17.7 Å². The molecule has 1 aliphatic rings. The number of rotatable bonds is 2. The van der Waals surface area contributed by atoms with E-state index in [9.17, 15) is 4.79 Å². The number of carbonyl (C=O) groups is 1. The van der Waals surface area contributed by atoms with Gasteiger partial charge in [-0.1, -0.05) is 31.0 Å². The number of benzene rings is 1. The van der Waals surface area contributed by atoms with Crippen molar-refractivity contribution >= 4 is 11.6 Å². The third-order valence-electron chi connectivity index (χ3n) is 3.50. The highest BCUT2D eigenvalue weighted by Gasteiger charge is 2.16. The summed E-state index contributed by atoms with van der Waals surface area (Å²) in [6.45, 7) is 4.18. The largest absolute Gasteiger partial charge is 0.271 e. The lowest BCUT2D eigenvalue weighted by Gasteiger charge is -2.19. The second-order valence-corrected chi connectivity index (χ2v) is 5.06. The Hall–Kier alpha value is -1.64. The second-order valence-electron chi connectivity index (χ2n) is 5.06. The van der Waals surface area contributed by atoms with Crippen LogP contribution in [-0.4, -0.2) is 11.6 Å². The number of aryl methyl sites for hydroxylation is 1. The molecule has 1 amide bonds. The number of hydrogen-bond donors (Lipinski definition) is 1. The van der Waals surface area contributed by atoms with Crippen LogP contribution in [0.3, 0.4) is 0 Å². The first-order chi connectivity index (χ1) is 8.66. The van der Waals surface area contributed by atoms with Gasteiger partial charge in [0.05, 0.1) is 0 Å². The van der Waals surface area contributed by atoms with Gasteiger partial charge < -0.3 is 0 Å². The van der Waals surface area contributed by atoms with E-state index >= 15 is 0 Å². The fourth-order valence-electron chi connectivity index (χ4n) is 2.23. The molecule has 0 radical (unpaired) electrons. The Balaban J connectivity index is 1.99. The predicted octanol–water partition coefficient (Wildman–Crippen LogP) is 3.29. The van der Waals surface area contributed by atoms with Crippen molar-refractivity contribution in [2.75, 3.05) is 0 Å². The summed E-state index contributed by atoms with van der Waals surface area (Å²) in [6, 6.07) is 7.53. The summed E-state index contributed by atoms with van der Waals surface area (Å²) < 4.78 is 0. The average Bonchev–Trinajstić information content (AvgIpc) is 2.38. The summed E-state index contributed by atoms with van der Waals surface area (Å²) in [5, 5.41) is 4.28. The van der Waals surface area contributed by atoms with Gasteiger partial charge in [-0.15, -0.1) is 0 Å². The van der Waals surface area contributed by atoms with E-state index in [2.05, 4.69) is 17.5 Å². The van der Waals surface area contributed by atoms with Gasteiger partial charge in [0.2, 0.25) is 0 Å². The summed E-state index contributed by atoms with van der Waals surface area (Å²) in [7, 11) is 0. The molecule has 1 fully saturated rings. The molecule has 0 aliphatic heterocycles. The van der Waals surface area contributed by atoms with Crippen LogP contribution in [-0.2, 0) is 0 Å². The first-order valence-corrected chi connectivity index (χ1v) is 6.60. The third kappa shape index (κ3) is 3.19. The Kier molecular flexibility index (Phi) is 4.13. The number of hydrazone groups is 1. The quantitative estimate of drug-likeness (QED) is 0.797. The molecule has 2 rings (SSSR count). The van der Waals surface area contributed by atoms with Crippen molar-refractivity contribution in [3.05, 3.63) is 35.4 Å². The molecule has 96 valence electrons. The third-order valence-corrected chi connectivity index (χ3v) is 3.50. The molecule has 1 aromatic carbocycles. The summed E-state index contributed by atoms with van der Waals surface area (Å²) in [5.74, 6) is 0.373. The van der Waals surface area contributed by atoms with Gasteiger partial charge in [-0.05, 0) is 44.2 Å². The second kappa shape index (κ2) is 5.80. The van der Waals surface area contributed by atoms with E-state index in [1.807, 2.05) is 31.2 Å². The highest BCUT2D eigenvalue weighted by atomic mass is 16.2. The minimum atomic E-state index is -0.125. The smallest absolute Gasteiger partial charge is 0.267 e. The maximum Gasteiger partial charge on any atom is 0.271 e.